The highest BCUT2D eigenvalue weighted by molar-refractivity contribution is 5.82. The molecule has 0 aromatic rings. The lowest BCUT2D eigenvalue weighted by Crippen LogP contribution is -2.55. The van der Waals surface area contributed by atoms with E-state index in [9.17, 15) is 9.59 Å². The third kappa shape index (κ3) is 4.66. The van der Waals surface area contributed by atoms with Gasteiger partial charge in [0.1, 0.15) is 0 Å². The van der Waals surface area contributed by atoms with E-state index in [2.05, 4.69) is 17.3 Å². The van der Waals surface area contributed by atoms with E-state index in [0.717, 1.165) is 19.7 Å². The molecule has 2 rings (SSSR count). The molecule has 2 fully saturated rings. The lowest BCUT2D eigenvalue weighted by atomic mass is 10.2. The Bertz CT molecular complexity index is 396. The molecule has 2 heterocycles. The fraction of sp³-hybridized carbons (Fsp3) is 0.867. The van der Waals surface area contributed by atoms with Crippen molar-refractivity contribution in [2.45, 2.75) is 26.0 Å². The Kier molecular flexibility index (Phi) is 6.16. The molecule has 2 aliphatic heterocycles. The second kappa shape index (κ2) is 7.89. The first-order chi connectivity index (χ1) is 10.5. The summed E-state index contributed by atoms with van der Waals surface area (Å²) in [7, 11) is 2.08. The third-order valence-electron chi connectivity index (χ3n) is 4.40. The number of nitrogens with one attached hydrogen (secondary N) is 1. The van der Waals surface area contributed by atoms with Gasteiger partial charge in [-0.05, 0) is 14.0 Å². The van der Waals surface area contributed by atoms with Crippen LogP contribution in [-0.2, 0) is 14.3 Å². The van der Waals surface area contributed by atoms with Crippen molar-refractivity contribution < 1.29 is 14.3 Å². The zero-order valence-corrected chi connectivity index (χ0v) is 13.9. The van der Waals surface area contributed by atoms with E-state index in [4.69, 9.17) is 4.74 Å². The van der Waals surface area contributed by atoms with Gasteiger partial charge in [-0.3, -0.25) is 9.59 Å². The van der Waals surface area contributed by atoms with E-state index in [-0.39, 0.29) is 24.0 Å². The molecule has 22 heavy (non-hydrogen) atoms. The van der Waals surface area contributed by atoms with Crippen LogP contribution in [-0.4, -0.2) is 98.1 Å². The predicted octanol–water partition coefficient (Wildman–Crippen LogP) is -1.01. The average Bonchev–Trinajstić information content (AvgIpc) is 2.52. The normalized spacial score (nSPS) is 25.1. The quantitative estimate of drug-likeness (QED) is 0.720. The fourth-order valence-electron chi connectivity index (χ4n) is 2.90. The van der Waals surface area contributed by atoms with Gasteiger partial charge in [-0.1, -0.05) is 0 Å². The maximum absolute atomic E-state index is 12.4. The molecule has 2 atom stereocenters. The first kappa shape index (κ1) is 17.2. The molecule has 2 saturated heterocycles. The molecule has 2 aliphatic rings. The number of morpholine rings is 1. The van der Waals surface area contributed by atoms with Crippen LogP contribution < -0.4 is 5.32 Å². The highest BCUT2D eigenvalue weighted by atomic mass is 16.5. The van der Waals surface area contributed by atoms with Crippen LogP contribution in [0, 0.1) is 0 Å². The summed E-state index contributed by atoms with van der Waals surface area (Å²) in [6.07, 6.45) is 0.142. The molecule has 2 amide bonds. The van der Waals surface area contributed by atoms with E-state index in [1.807, 2.05) is 11.8 Å². The summed E-state index contributed by atoms with van der Waals surface area (Å²) in [4.78, 5) is 29.6. The van der Waals surface area contributed by atoms with Gasteiger partial charge >= 0.3 is 0 Å². The highest BCUT2D eigenvalue weighted by Gasteiger charge is 2.26. The van der Waals surface area contributed by atoms with Gasteiger partial charge in [0.25, 0.3) is 0 Å². The van der Waals surface area contributed by atoms with Crippen LogP contribution in [0.5, 0.6) is 0 Å². The molecule has 0 aliphatic carbocycles. The standard InChI is InChI=1S/C15H28N4O3/c1-12(16-10-14-11-17(3)8-9-22-14)15(21)19-6-4-18(5-7-19)13(2)20/h12,14,16H,4-11H2,1-3H3. The summed E-state index contributed by atoms with van der Waals surface area (Å²) >= 11 is 0. The zero-order valence-electron chi connectivity index (χ0n) is 13.9. The lowest BCUT2D eigenvalue weighted by molar-refractivity contribution is -0.139. The number of hydrogen-bond acceptors (Lipinski definition) is 5. The van der Waals surface area contributed by atoms with E-state index in [1.165, 1.54) is 0 Å². The van der Waals surface area contributed by atoms with Gasteiger partial charge in [0, 0.05) is 52.7 Å². The summed E-state index contributed by atoms with van der Waals surface area (Å²) < 4.78 is 5.69. The Balaban J connectivity index is 1.72. The smallest absolute Gasteiger partial charge is 0.239 e. The van der Waals surface area contributed by atoms with Gasteiger partial charge < -0.3 is 24.8 Å². The summed E-state index contributed by atoms with van der Waals surface area (Å²) in [5.41, 5.74) is 0. The Morgan fingerprint density at radius 3 is 2.41 bits per heavy atom. The van der Waals surface area contributed by atoms with Crippen molar-refractivity contribution in [3.63, 3.8) is 0 Å². The van der Waals surface area contributed by atoms with Crippen molar-refractivity contribution in [3.05, 3.63) is 0 Å². The summed E-state index contributed by atoms with van der Waals surface area (Å²) in [5.74, 6) is 0.184. The zero-order chi connectivity index (χ0) is 16.1. The Hall–Kier alpha value is -1.18. The molecule has 0 aromatic carbocycles. The number of amides is 2. The molecule has 1 N–H and O–H groups in total. The Labute approximate surface area is 132 Å². The number of ether oxygens (including phenoxy) is 1. The van der Waals surface area contributed by atoms with Gasteiger partial charge in [0.2, 0.25) is 11.8 Å². The van der Waals surface area contributed by atoms with Crippen molar-refractivity contribution in [3.8, 4) is 0 Å². The summed E-state index contributed by atoms with van der Waals surface area (Å²) in [5, 5.41) is 3.28. The van der Waals surface area contributed by atoms with Crippen molar-refractivity contribution in [2.75, 3.05) is 59.5 Å². The molecule has 0 radical (unpaired) electrons. The first-order valence-electron chi connectivity index (χ1n) is 8.05. The molecule has 0 bridgehead atoms. The molecular formula is C15H28N4O3. The van der Waals surface area contributed by atoms with E-state index < -0.39 is 0 Å². The number of hydrogen-bond donors (Lipinski definition) is 1. The topological polar surface area (TPSA) is 65.1 Å². The van der Waals surface area contributed by atoms with E-state index in [0.29, 0.717) is 32.7 Å². The molecule has 0 spiro atoms. The monoisotopic (exact) mass is 312 g/mol. The second-order valence-electron chi connectivity index (χ2n) is 6.22. The minimum absolute atomic E-state index is 0.0804. The largest absolute Gasteiger partial charge is 0.374 e. The molecule has 0 aromatic heterocycles. The van der Waals surface area contributed by atoms with E-state index >= 15 is 0 Å². The van der Waals surface area contributed by atoms with Crippen LogP contribution in [0.3, 0.4) is 0 Å². The summed E-state index contributed by atoms with van der Waals surface area (Å²) in [6.45, 7) is 9.25. The number of carbonyl (C=O) groups is 2. The maximum Gasteiger partial charge on any atom is 0.239 e. The SMILES string of the molecule is CC(=O)N1CCN(C(=O)C(C)NCC2CN(C)CCO2)CC1. The Morgan fingerprint density at radius 1 is 1.18 bits per heavy atom. The van der Waals surface area contributed by atoms with Crippen molar-refractivity contribution >= 4 is 11.8 Å². The van der Waals surface area contributed by atoms with Gasteiger partial charge in [-0.15, -0.1) is 0 Å². The van der Waals surface area contributed by atoms with Crippen molar-refractivity contribution in [2.24, 2.45) is 0 Å². The van der Waals surface area contributed by atoms with Crippen LogP contribution in [0.2, 0.25) is 0 Å². The van der Waals surface area contributed by atoms with E-state index in [1.54, 1.807) is 11.8 Å². The van der Waals surface area contributed by atoms with Gasteiger partial charge in [0.05, 0.1) is 18.8 Å². The minimum Gasteiger partial charge on any atom is -0.374 e. The number of nitrogens with zero attached hydrogens (tertiary/aromatic N) is 3. The molecule has 0 saturated carbocycles. The molecule has 7 nitrogen and oxygen atoms in total. The van der Waals surface area contributed by atoms with Crippen molar-refractivity contribution in [1.29, 1.82) is 0 Å². The van der Waals surface area contributed by atoms with Crippen LogP contribution in [0.25, 0.3) is 0 Å². The molecule has 2 unspecified atom stereocenters. The predicted molar refractivity (Wildman–Crippen MR) is 83.5 cm³/mol. The molecule has 126 valence electrons. The maximum atomic E-state index is 12.4. The highest BCUT2D eigenvalue weighted by Crippen LogP contribution is 2.06. The van der Waals surface area contributed by atoms with Crippen molar-refractivity contribution in [1.82, 2.24) is 20.0 Å². The van der Waals surface area contributed by atoms with Crippen LogP contribution in [0.15, 0.2) is 0 Å². The number of piperazine rings is 1. The van der Waals surface area contributed by atoms with Crippen LogP contribution in [0.1, 0.15) is 13.8 Å². The number of carbonyl (C=O) groups excluding carboxylic acids is 2. The van der Waals surface area contributed by atoms with Crippen LogP contribution >= 0.6 is 0 Å². The third-order valence-corrected chi connectivity index (χ3v) is 4.40. The number of rotatable bonds is 4. The minimum atomic E-state index is -0.222. The van der Waals surface area contributed by atoms with Crippen LogP contribution in [0.4, 0.5) is 0 Å². The number of likely N-dealkylation sites (N-methyl/N-ethyl adjacent to an activating group) is 1. The first-order valence-corrected chi connectivity index (χ1v) is 8.05. The van der Waals surface area contributed by atoms with Gasteiger partial charge in [-0.25, -0.2) is 0 Å². The Morgan fingerprint density at radius 2 is 1.82 bits per heavy atom. The van der Waals surface area contributed by atoms with Gasteiger partial charge in [0.15, 0.2) is 0 Å². The fourth-order valence-corrected chi connectivity index (χ4v) is 2.90. The summed E-state index contributed by atoms with van der Waals surface area (Å²) in [6, 6.07) is -0.222. The average molecular weight is 312 g/mol. The molecule has 7 heteroatoms. The molecular weight excluding hydrogens is 284 g/mol. The van der Waals surface area contributed by atoms with Gasteiger partial charge in [-0.2, -0.15) is 0 Å². The lowest BCUT2D eigenvalue weighted by Gasteiger charge is -2.36. The second-order valence-corrected chi connectivity index (χ2v) is 6.22.